The number of nitrogens with one attached hydrogen (secondary N) is 1. The third kappa shape index (κ3) is 3.85. The summed E-state index contributed by atoms with van der Waals surface area (Å²) in [6.45, 7) is 1.30. The Morgan fingerprint density at radius 2 is 2.14 bits per heavy atom. The molecule has 0 spiro atoms. The summed E-state index contributed by atoms with van der Waals surface area (Å²) in [5.74, 6) is 0.546. The van der Waals surface area contributed by atoms with Crippen molar-refractivity contribution in [1.82, 2.24) is 15.1 Å². The Balaban J connectivity index is 1.57. The van der Waals surface area contributed by atoms with E-state index in [4.69, 9.17) is 0 Å². The van der Waals surface area contributed by atoms with Crippen LogP contribution in [0, 0.1) is 5.92 Å². The summed E-state index contributed by atoms with van der Waals surface area (Å²) in [7, 11) is 0. The minimum Gasteiger partial charge on any atom is -0.352 e. The molecule has 1 amide bonds. The van der Waals surface area contributed by atoms with Crippen molar-refractivity contribution in [3.8, 4) is 0 Å². The number of hydrogen-bond donors (Lipinski definition) is 1. The number of carbonyl (C=O) groups is 1. The molecule has 1 aromatic carbocycles. The Labute approximate surface area is 130 Å². The number of allylic oxidation sites excluding steroid dienone is 2. The molecule has 0 bridgehead atoms. The van der Waals surface area contributed by atoms with E-state index in [0.29, 0.717) is 18.9 Å². The Hall–Kier alpha value is -2.36. The SMILES string of the molecule is O=C(CC1C=CCC1)NCc1ccccc1Cn1cccn1. The summed E-state index contributed by atoms with van der Waals surface area (Å²) < 4.78 is 1.89. The Bertz CT molecular complexity index is 646. The molecule has 0 aliphatic heterocycles. The molecule has 4 heteroatoms. The third-order valence-corrected chi connectivity index (χ3v) is 4.05. The van der Waals surface area contributed by atoms with E-state index >= 15 is 0 Å². The highest BCUT2D eigenvalue weighted by atomic mass is 16.1. The monoisotopic (exact) mass is 295 g/mol. The van der Waals surface area contributed by atoms with Gasteiger partial charge in [0.1, 0.15) is 0 Å². The highest BCUT2D eigenvalue weighted by molar-refractivity contribution is 5.76. The van der Waals surface area contributed by atoms with E-state index in [2.05, 4.69) is 34.7 Å². The maximum atomic E-state index is 12.0. The second kappa shape index (κ2) is 7.07. The van der Waals surface area contributed by atoms with Gasteiger partial charge >= 0.3 is 0 Å². The lowest BCUT2D eigenvalue weighted by molar-refractivity contribution is -0.121. The molecule has 1 heterocycles. The number of hydrogen-bond acceptors (Lipinski definition) is 2. The second-order valence-corrected chi connectivity index (χ2v) is 5.72. The minimum atomic E-state index is 0.130. The van der Waals surface area contributed by atoms with E-state index in [0.717, 1.165) is 24.9 Å². The molecule has 0 radical (unpaired) electrons. The fourth-order valence-electron chi connectivity index (χ4n) is 2.82. The van der Waals surface area contributed by atoms with Gasteiger partial charge in [-0.2, -0.15) is 5.10 Å². The lowest BCUT2D eigenvalue weighted by atomic mass is 10.0. The van der Waals surface area contributed by atoms with Gasteiger partial charge in [-0.3, -0.25) is 9.48 Å². The molecule has 0 fully saturated rings. The van der Waals surface area contributed by atoms with Crippen molar-refractivity contribution in [1.29, 1.82) is 0 Å². The number of amides is 1. The van der Waals surface area contributed by atoms with Gasteiger partial charge in [0.25, 0.3) is 0 Å². The molecule has 4 nitrogen and oxygen atoms in total. The molecule has 1 aromatic heterocycles. The predicted molar refractivity (Wildman–Crippen MR) is 86.1 cm³/mol. The van der Waals surface area contributed by atoms with Crippen molar-refractivity contribution in [2.45, 2.75) is 32.4 Å². The molecule has 2 aromatic rings. The number of carbonyl (C=O) groups excluding carboxylic acids is 1. The summed E-state index contributed by atoms with van der Waals surface area (Å²) in [6, 6.07) is 10.1. The molecule has 1 aliphatic rings. The van der Waals surface area contributed by atoms with E-state index in [9.17, 15) is 4.79 Å². The predicted octanol–water partition coefficient (Wildman–Crippen LogP) is 2.90. The summed E-state index contributed by atoms with van der Waals surface area (Å²) in [5.41, 5.74) is 2.33. The van der Waals surface area contributed by atoms with Gasteiger partial charge in [0.2, 0.25) is 5.91 Å². The summed E-state index contributed by atoms with van der Waals surface area (Å²) >= 11 is 0. The molecule has 1 atom stereocenters. The average Bonchev–Trinajstić information content (AvgIpc) is 3.20. The second-order valence-electron chi connectivity index (χ2n) is 5.72. The minimum absolute atomic E-state index is 0.130. The Kier molecular flexibility index (Phi) is 4.68. The van der Waals surface area contributed by atoms with Gasteiger partial charge in [-0.1, -0.05) is 36.4 Å². The molecule has 114 valence electrons. The van der Waals surface area contributed by atoms with Crippen molar-refractivity contribution in [2.75, 3.05) is 0 Å². The number of aromatic nitrogens is 2. The highest BCUT2D eigenvalue weighted by Gasteiger charge is 2.14. The quantitative estimate of drug-likeness (QED) is 0.833. The molecular weight excluding hydrogens is 274 g/mol. The van der Waals surface area contributed by atoms with E-state index in [1.165, 1.54) is 5.56 Å². The first-order valence-electron chi connectivity index (χ1n) is 7.79. The lowest BCUT2D eigenvalue weighted by Gasteiger charge is -2.12. The van der Waals surface area contributed by atoms with Gasteiger partial charge in [0.15, 0.2) is 0 Å². The maximum Gasteiger partial charge on any atom is 0.220 e. The van der Waals surface area contributed by atoms with E-state index in [1.54, 1.807) is 6.20 Å². The van der Waals surface area contributed by atoms with Crippen LogP contribution in [0.1, 0.15) is 30.4 Å². The molecule has 3 rings (SSSR count). The van der Waals surface area contributed by atoms with Crippen molar-refractivity contribution in [3.63, 3.8) is 0 Å². The van der Waals surface area contributed by atoms with Crippen molar-refractivity contribution in [2.24, 2.45) is 5.92 Å². The van der Waals surface area contributed by atoms with Crippen LogP contribution in [-0.4, -0.2) is 15.7 Å². The molecular formula is C18H21N3O. The summed E-state index contributed by atoms with van der Waals surface area (Å²) in [4.78, 5) is 12.0. The van der Waals surface area contributed by atoms with Crippen LogP contribution in [0.25, 0.3) is 0 Å². The number of benzene rings is 1. The largest absolute Gasteiger partial charge is 0.352 e. The zero-order valence-electron chi connectivity index (χ0n) is 12.6. The van der Waals surface area contributed by atoms with Gasteiger partial charge in [-0.05, 0) is 36.0 Å². The van der Waals surface area contributed by atoms with E-state index < -0.39 is 0 Å². The lowest BCUT2D eigenvalue weighted by Crippen LogP contribution is -2.25. The Morgan fingerprint density at radius 1 is 1.27 bits per heavy atom. The standard InChI is InChI=1S/C18H21N3O/c22-18(12-15-6-1-2-7-15)19-13-16-8-3-4-9-17(16)14-21-11-5-10-20-21/h1,3-6,8-11,15H,2,7,12-14H2,(H,19,22). The van der Waals surface area contributed by atoms with E-state index in [1.807, 2.05) is 29.1 Å². The van der Waals surface area contributed by atoms with Crippen LogP contribution in [0.2, 0.25) is 0 Å². The van der Waals surface area contributed by atoms with E-state index in [-0.39, 0.29) is 5.91 Å². The molecule has 1 aliphatic carbocycles. The maximum absolute atomic E-state index is 12.0. The normalized spacial score (nSPS) is 16.8. The van der Waals surface area contributed by atoms with Crippen LogP contribution in [0.5, 0.6) is 0 Å². The van der Waals surface area contributed by atoms with Gasteiger partial charge in [0, 0.05) is 25.4 Å². The average molecular weight is 295 g/mol. The van der Waals surface area contributed by atoms with Crippen molar-refractivity contribution in [3.05, 3.63) is 66.0 Å². The van der Waals surface area contributed by atoms with Crippen LogP contribution >= 0.6 is 0 Å². The summed E-state index contributed by atoms with van der Waals surface area (Å²) in [5, 5.41) is 7.28. The fourth-order valence-corrected chi connectivity index (χ4v) is 2.82. The van der Waals surface area contributed by atoms with Crippen LogP contribution in [0.15, 0.2) is 54.9 Å². The number of rotatable bonds is 6. The van der Waals surface area contributed by atoms with Crippen molar-refractivity contribution >= 4 is 5.91 Å². The Morgan fingerprint density at radius 3 is 2.86 bits per heavy atom. The van der Waals surface area contributed by atoms with Crippen molar-refractivity contribution < 1.29 is 4.79 Å². The molecule has 1 N–H and O–H groups in total. The molecule has 0 saturated heterocycles. The highest BCUT2D eigenvalue weighted by Crippen LogP contribution is 2.20. The van der Waals surface area contributed by atoms with Gasteiger partial charge < -0.3 is 5.32 Å². The molecule has 1 unspecified atom stereocenters. The zero-order valence-corrected chi connectivity index (χ0v) is 12.6. The van der Waals surface area contributed by atoms with Gasteiger partial charge in [-0.15, -0.1) is 0 Å². The first-order chi connectivity index (χ1) is 10.8. The molecule has 22 heavy (non-hydrogen) atoms. The van der Waals surface area contributed by atoms with Gasteiger partial charge in [0.05, 0.1) is 6.54 Å². The summed E-state index contributed by atoms with van der Waals surface area (Å²) in [6.07, 6.45) is 10.8. The van der Waals surface area contributed by atoms with Crippen LogP contribution in [0.4, 0.5) is 0 Å². The zero-order chi connectivity index (χ0) is 15.2. The first kappa shape index (κ1) is 14.6. The van der Waals surface area contributed by atoms with Gasteiger partial charge in [-0.25, -0.2) is 0 Å². The van der Waals surface area contributed by atoms with Crippen LogP contribution in [0.3, 0.4) is 0 Å². The smallest absolute Gasteiger partial charge is 0.220 e. The van der Waals surface area contributed by atoms with Crippen LogP contribution in [-0.2, 0) is 17.9 Å². The third-order valence-electron chi connectivity index (χ3n) is 4.05. The number of nitrogens with zero attached hydrogens (tertiary/aromatic N) is 2. The first-order valence-corrected chi connectivity index (χ1v) is 7.79. The topological polar surface area (TPSA) is 46.9 Å². The fraction of sp³-hybridized carbons (Fsp3) is 0.333. The molecule has 0 saturated carbocycles. The van der Waals surface area contributed by atoms with Crippen LogP contribution < -0.4 is 5.32 Å².